The third-order valence-corrected chi connectivity index (χ3v) is 3.34. The average Bonchev–Trinajstić information content (AvgIpc) is 2.44. The first-order valence-electron chi connectivity index (χ1n) is 5.70. The molecule has 0 atom stereocenters. The number of nitrogen functional groups attached to an aromatic ring is 1. The van der Waals surface area contributed by atoms with E-state index >= 15 is 0 Å². The molecular weight excluding hydrogens is 327 g/mol. The number of hydrogen-bond acceptors (Lipinski definition) is 4. The minimum Gasteiger partial charge on any atom is -0.322 e. The molecule has 7 heteroatoms. The van der Waals surface area contributed by atoms with Crippen LogP contribution < -0.4 is 16.6 Å². The number of rotatable bonds is 3. The van der Waals surface area contributed by atoms with E-state index < -0.39 is 0 Å². The maximum Gasteiger partial charge on any atom is 0.257 e. The smallest absolute Gasteiger partial charge is 0.257 e. The van der Waals surface area contributed by atoms with Crippen LogP contribution in [0.2, 0.25) is 0 Å². The fourth-order valence-electron chi connectivity index (χ4n) is 1.68. The van der Waals surface area contributed by atoms with Gasteiger partial charge in [-0.3, -0.25) is 15.6 Å². The molecule has 1 aromatic carbocycles. The van der Waals surface area contributed by atoms with E-state index in [2.05, 4.69) is 31.7 Å². The summed E-state index contributed by atoms with van der Waals surface area (Å²) >= 11 is 3.09. The van der Waals surface area contributed by atoms with Gasteiger partial charge in [-0.2, -0.15) is 0 Å². The van der Waals surface area contributed by atoms with Gasteiger partial charge in [0, 0.05) is 11.9 Å². The van der Waals surface area contributed by atoms with Crippen molar-refractivity contribution in [3.63, 3.8) is 0 Å². The number of halogens is 2. The van der Waals surface area contributed by atoms with Crippen LogP contribution in [0.4, 0.5) is 15.8 Å². The van der Waals surface area contributed by atoms with E-state index in [4.69, 9.17) is 5.84 Å². The van der Waals surface area contributed by atoms with E-state index in [-0.39, 0.29) is 16.2 Å². The van der Waals surface area contributed by atoms with Gasteiger partial charge in [0.25, 0.3) is 5.91 Å². The van der Waals surface area contributed by atoms with E-state index in [0.29, 0.717) is 22.5 Å². The van der Waals surface area contributed by atoms with Crippen molar-refractivity contribution in [1.82, 2.24) is 4.98 Å². The van der Waals surface area contributed by atoms with Crippen molar-refractivity contribution in [2.24, 2.45) is 5.84 Å². The van der Waals surface area contributed by atoms with Crippen molar-refractivity contribution in [3.05, 3.63) is 52.0 Å². The van der Waals surface area contributed by atoms with Gasteiger partial charge < -0.3 is 10.7 Å². The molecule has 2 aromatic rings. The highest BCUT2D eigenvalue weighted by Gasteiger charge is 2.13. The summed E-state index contributed by atoms with van der Waals surface area (Å²) < 4.78 is 13.6. The van der Waals surface area contributed by atoms with Crippen molar-refractivity contribution >= 4 is 33.2 Å². The number of aromatic nitrogens is 1. The molecule has 0 aliphatic heterocycles. The van der Waals surface area contributed by atoms with Crippen molar-refractivity contribution < 1.29 is 9.18 Å². The predicted molar refractivity (Wildman–Crippen MR) is 78.8 cm³/mol. The molecule has 0 radical (unpaired) electrons. The van der Waals surface area contributed by atoms with Crippen LogP contribution in [0.25, 0.3) is 0 Å². The summed E-state index contributed by atoms with van der Waals surface area (Å²) in [5.74, 6) is 4.59. The number of anilines is 2. The molecule has 0 aliphatic rings. The molecule has 0 saturated heterocycles. The van der Waals surface area contributed by atoms with Crippen LogP contribution in [0.1, 0.15) is 15.9 Å². The summed E-state index contributed by atoms with van der Waals surface area (Å²) in [6.07, 6.45) is 2.94. The van der Waals surface area contributed by atoms with Crippen LogP contribution in [-0.4, -0.2) is 10.9 Å². The van der Waals surface area contributed by atoms with E-state index in [9.17, 15) is 9.18 Å². The summed E-state index contributed by atoms with van der Waals surface area (Å²) in [6.45, 7) is 1.71. The summed E-state index contributed by atoms with van der Waals surface area (Å²) in [6, 6.07) is 4.39. The lowest BCUT2D eigenvalue weighted by atomic mass is 10.1. The minimum absolute atomic E-state index is 0.283. The van der Waals surface area contributed by atoms with Crippen molar-refractivity contribution in [2.75, 3.05) is 10.7 Å². The maximum atomic E-state index is 13.3. The zero-order valence-electron chi connectivity index (χ0n) is 10.6. The number of carbonyl (C=O) groups is 1. The van der Waals surface area contributed by atoms with Gasteiger partial charge in [-0.05, 0) is 46.6 Å². The van der Waals surface area contributed by atoms with E-state index in [1.165, 1.54) is 24.5 Å². The van der Waals surface area contributed by atoms with Crippen LogP contribution in [0.3, 0.4) is 0 Å². The first-order valence-corrected chi connectivity index (χ1v) is 6.50. The Kier molecular flexibility index (Phi) is 4.31. The lowest BCUT2D eigenvalue weighted by Crippen LogP contribution is -2.18. The lowest BCUT2D eigenvalue weighted by Gasteiger charge is -2.11. The monoisotopic (exact) mass is 338 g/mol. The Bertz CT molecular complexity index is 663. The molecule has 0 bridgehead atoms. The molecule has 0 unspecified atom stereocenters. The Balaban J connectivity index is 2.30. The van der Waals surface area contributed by atoms with E-state index in [1.807, 2.05) is 0 Å². The van der Waals surface area contributed by atoms with Gasteiger partial charge in [0.2, 0.25) is 0 Å². The Morgan fingerprint density at radius 3 is 2.85 bits per heavy atom. The first kappa shape index (κ1) is 14.4. The topological polar surface area (TPSA) is 80.0 Å². The normalized spacial score (nSPS) is 10.2. The highest BCUT2D eigenvalue weighted by molar-refractivity contribution is 9.10. The number of nitrogens with zero attached hydrogens (tertiary/aromatic N) is 1. The second-order valence-electron chi connectivity index (χ2n) is 4.10. The number of pyridine rings is 1. The van der Waals surface area contributed by atoms with Crippen LogP contribution in [0.15, 0.2) is 35.1 Å². The van der Waals surface area contributed by atoms with Crippen LogP contribution in [0, 0.1) is 12.7 Å². The lowest BCUT2D eigenvalue weighted by molar-refractivity contribution is 0.102. The molecule has 2 rings (SSSR count). The molecule has 0 fully saturated rings. The molecule has 20 heavy (non-hydrogen) atoms. The van der Waals surface area contributed by atoms with Crippen LogP contribution >= 0.6 is 15.9 Å². The molecule has 1 amide bonds. The Morgan fingerprint density at radius 2 is 2.15 bits per heavy atom. The van der Waals surface area contributed by atoms with Crippen molar-refractivity contribution in [3.8, 4) is 0 Å². The SMILES string of the molecule is Cc1cc(F)c(Br)cc1NC(=O)c1ccncc1NN. The van der Waals surface area contributed by atoms with Gasteiger partial charge in [-0.1, -0.05) is 0 Å². The predicted octanol–water partition coefficient (Wildman–Crippen LogP) is 2.83. The number of amides is 1. The van der Waals surface area contributed by atoms with E-state index in [0.717, 1.165) is 0 Å². The largest absolute Gasteiger partial charge is 0.322 e. The van der Waals surface area contributed by atoms with Gasteiger partial charge >= 0.3 is 0 Å². The van der Waals surface area contributed by atoms with Gasteiger partial charge in [-0.25, -0.2) is 4.39 Å². The minimum atomic E-state index is -0.381. The maximum absolute atomic E-state index is 13.3. The zero-order valence-corrected chi connectivity index (χ0v) is 12.2. The number of nitrogens with one attached hydrogen (secondary N) is 2. The third kappa shape index (κ3) is 2.94. The number of benzene rings is 1. The van der Waals surface area contributed by atoms with Gasteiger partial charge in [-0.15, -0.1) is 0 Å². The Morgan fingerprint density at radius 1 is 1.40 bits per heavy atom. The molecule has 104 valence electrons. The molecule has 1 heterocycles. The number of hydrogen-bond donors (Lipinski definition) is 3. The average molecular weight is 339 g/mol. The molecule has 4 N–H and O–H groups in total. The molecule has 0 saturated carbocycles. The summed E-state index contributed by atoms with van der Waals surface area (Å²) in [5.41, 5.74) is 4.30. The number of hydrazine groups is 1. The summed E-state index contributed by atoms with van der Waals surface area (Å²) in [5, 5.41) is 2.71. The number of nitrogens with two attached hydrogens (primary N) is 1. The molecule has 5 nitrogen and oxygen atoms in total. The van der Waals surface area contributed by atoms with Crippen LogP contribution in [-0.2, 0) is 0 Å². The third-order valence-electron chi connectivity index (χ3n) is 2.74. The number of carbonyl (C=O) groups excluding carboxylic acids is 1. The van der Waals surface area contributed by atoms with Crippen LogP contribution in [0.5, 0.6) is 0 Å². The molecule has 0 aliphatic carbocycles. The standard InChI is InChI=1S/C13H12BrFN4O/c1-7-4-10(15)9(14)5-11(7)18-13(20)8-2-3-17-6-12(8)19-16/h2-6,19H,16H2,1H3,(H,18,20). The van der Waals surface area contributed by atoms with Crippen molar-refractivity contribution in [1.29, 1.82) is 0 Å². The molecule has 1 aromatic heterocycles. The second-order valence-corrected chi connectivity index (χ2v) is 4.96. The Labute approximate surface area is 123 Å². The molecule has 0 spiro atoms. The highest BCUT2D eigenvalue weighted by Crippen LogP contribution is 2.25. The zero-order chi connectivity index (χ0) is 14.7. The summed E-state index contributed by atoms with van der Waals surface area (Å²) in [4.78, 5) is 16.1. The van der Waals surface area contributed by atoms with Gasteiger partial charge in [0.15, 0.2) is 0 Å². The quantitative estimate of drug-likeness (QED) is 0.593. The Hall–Kier alpha value is -1.99. The van der Waals surface area contributed by atoms with Gasteiger partial charge in [0.05, 0.1) is 21.9 Å². The fraction of sp³-hybridized carbons (Fsp3) is 0.0769. The van der Waals surface area contributed by atoms with Crippen molar-refractivity contribution in [2.45, 2.75) is 6.92 Å². The fourth-order valence-corrected chi connectivity index (χ4v) is 2.02. The second kappa shape index (κ2) is 5.98. The van der Waals surface area contributed by atoms with E-state index in [1.54, 1.807) is 13.0 Å². The number of aryl methyl sites for hydroxylation is 1. The molecular formula is C13H12BrFN4O. The first-order chi connectivity index (χ1) is 9.52. The summed E-state index contributed by atoms with van der Waals surface area (Å²) in [7, 11) is 0. The highest BCUT2D eigenvalue weighted by atomic mass is 79.9. The van der Waals surface area contributed by atoms with Gasteiger partial charge in [0.1, 0.15) is 5.82 Å².